The molecular weight excluding hydrogens is 315 g/mol. The summed E-state index contributed by atoms with van der Waals surface area (Å²) in [6.07, 6.45) is 29.7. The smallest absolute Gasteiger partial charge is 0.120 e. The van der Waals surface area contributed by atoms with Crippen LogP contribution in [0.25, 0.3) is 0 Å². The van der Waals surface area contributed by atoms with Gasteiger partial charge in [-0.1, -0.05) is 103 Å². The first-order valence-corrected chi connectivity index (χ1v) is 12.2. The molecule has 1 nitrogen and oxygen atoms in total. The van der Waals surface area contributed by atoms with Crippen LogP contribution in [0.2, 0.25) is 18.0 Å². The molecule has 0 N–H and O–H groups in total. The molecule has 26 heavy (non-hydrogen) atoms. The van der Waals surface area contributed by atoms with E-state index in [0.29, 0.717) is 0 Å². The highest BCUT2D eigenvalue weighted by Gasteiger charge is 2.43. The van der Waals surface area contributed by atoms with E-state index in [2.05, 4.69) is 19.1 Å². The number of allylic oxidation sites excluding steroid dienone is 2. The van der Waals surface area contributed by atoms with Crippen LogP contribution in [0.1, 0.15) is 116 Å². The zero-order valence-corrected chi connectivity index (χ0v) is 18.0. The summed E-state index contributed by atoms with van der Waals surface area (Å²) in [7, 11) is 2.03. The lowest BCUT2D eigenvalue weighted by Crippen LogP contribution is -2.51. The van der Waals surface area contributed by atoms with E-state index in [-0.39, 0.29) is 0 Å². The minimum absolute atomic E-state index is 0.493. The molecular formula is C24H46BO-. The Balaban J connectivity index is 1.50. The van der Waals surface area contributed by atoms with Crippen molar-refractivity contribution in [2.24, 2.45) is 0 Å². The van der Waals surface area contributed by atoms with E-state index < -0.39 is 6.35 Å². The van der Waals surface area contributed by atoms with Crippen LogP contribution in [0.15, 0.2) is 12.2 Å². The van der Waals surface area contributed by atoms with Crippen molar-refractivity contribution in [1.29, 1.82) is 0 Å². The molecule has 0 saturated carbocycles. The van der Waals surface area contributed by atoms with E-state index in [0.717, 1.165) is 11.6 Å². The van der Waals surface area contributed by atoms with Crippen molar-refractivity contribution in [2.75, 3.05) is 7.11 Å². The van der Waals surface area contributed by atoms with E-state index >= 15 is 0 Å². The van der Waals surface area contributed by atoms with Crippen LogP contribution in [-0.2, 0) is 4.65 Å². The standard InChI is InChI=1S/C24H46BO/c1-3-4-5-6-7-8-9-10-11-12-13-14-15-22-25(26-2)23-18-16-19-24(25)21-17-20-23/h8-9,23-24H,3-7,10-22H2,1-2H3/q-1/b9-8-. The number of rotatable bonds is 14. The zero-order valence-electron chi connectivity index (χ0n) is 18.0. The minimum atomic E-state index is -0.493. The van der Waals surface area contributed by atoms with E-state index in [1.165, 1.54) is 115 Å². The highest BCUT2D eigenvalue weighted by Crippen LogP contribution is 2.55. The summed E-state index contributed by atoms with van der Waals surface area (Å²) in [4.78, 5) is 0. The summed E-state index contributed by atoms with van der Waals surface area (Å²) in [5.74, 6) is 1.85. The van der Waals surface area contributed by atoms with Gasteiger partial charge in [0.15, 0.2) is 0 Å². The molecule has 152 valence electrons. The quantitative estimate of drug-likeness (QED) is 0.171. The first-order chi connectivity index (χ1) is 12.8. The van der Waals surface area contributed by atoms with Gasteiger partial charge in [-0.2, -0.15) is 6.32 Å². The van der Waals surface area contributed by atoms with Gasteiger partial charge in [0.2, 0.25) is 0 Å². The summed E-state index contributed by atoms with van der Waals surface area (Å²) in [5, 5.41) is 0. The van der Waals surface area contributed by atoms with Gasteiger partial charge in [-0.25, -0.2) is 0 Å². The Morgan fingerprint density at radius 1 is 0.731 bits per heavy atom. The molecule has 2 heteroatoms. The normalized spacial score (nSPS) is 28.7. The Kier molecular flexibility index (Phi) is 11.1. The Morgan fingerprint density at radius 2 is 1.23 bits per heavy atom. The van der Waals surface area contributed by atoms with Crippen molar-refractivity contribution in [3.05, 3.63) is 12.2 Å². The van der Waals surface area contributed by atoms with Crippen molar-refractivity contribution in [2.45, 2.75) is 134 Å². The molecule has 2 heterocycles. The predicted octanol–water partition coefficient (Wildman–Crippen LogP) is 8.55. The van der Waals surface area contributed by atoms with Gasteiger partial charge in [0.1, 0.15) is 6.35 Å². The lowest BCUT2D eigenvalue weighted by Gasteiger charge is -2.58. The monoisotopic (exact) mass is 361 g/mol. The average Bonchev–Trinajstić information content (AvgIpc) is 2.65. The summed E-state index contributed by atoms with van der Waals surface area (Å²) < 4.78 is 6.31. The molecule has 0 atom stereocenters. The maximum Gasteiger partial charge on any atom is 0.120 e. The molecule has 0 unspecified atom stereocenters. The molecule has 2 rings (SSSR count). The van der Waals surface area contributed by atoms with Gasteiger partial charge >= 0.3 is 0 Å². The minimum Gasteiger partial charge on any atom is -0.592 e. The Hall–Kier alpha value is -0.235. The molecule has 0 spiro atoms. The average molecular weight is 361 g/mol. The van der Waals surface area contributed by atoms with Crippen molar-refractivity contribution < 1.29 is 4.65 Å². The van der Waals surface area contributed by atoms with E-state index in [9.17, 15) is 0 Å². The van der Waals surface area contributed by atoms with Gasteiger partial charge in [-0.3, -0.25) is 0 Å². The fourth-order valence-corrected chi connectivity index (χ4v) is 6.24. The van der Waals surface area contributed by atoms with Crippen LogP contribution < -0.4 is 0 Å². The maximum absolute atomic E-state index is 6.31. The number of hydrogen-bond acceptors (Lipinski definition) is 1. The first kappa shape index (κ1) is 22.1. The Bertz CT molecular complexity index is 356. The van der Waals surface area contributed by atoms with Crippen molar-refractivity contribution in [1.82, 2.24) is 0 Å². The second-order valence-electron chi connectivity index (χ2n) is 9.39. The summed E-state index contributed by atoms with van der Waals surface area (Å²) in [5.41, 5.74) is 0. The fraction of sp³-hybridized carbons (Fsp3) is 0.917. The summed E-state index contributed by atoms with van der Waals surface area (Å²) in [6.45, 7) is 2.28. The number of unbranched alkanes of at least 4 members (excludes halogenated alkanes) is 9. The van der Waals surface area contributed by atoms with Gasteiger partial charge in [-0.15, -0.1) is 11.6 Å². The second-order valence-corrected chi connectivity index (χ2v) is 9.39. The van der Waals surface area contributed by atoms with Gasteiger partial charge < -0.3 is 4.65 Å². The molecule has 2 saturated heterocycles. The molecule has 2 aliphatic heterocycles. The van der Waals surface area contributed by atoms with Crippen LogP contribution in [-0.4, -0.2) is 13.5 Å². The van der Waals surface area contributed by atoms with Crippen LogP contribution in [0.3, 0.4) is 0 Å². The van der Waals surface area contributed by atoms with Crippen molar-refractivity contribution in [3.8, 4) is 0 Å². The predicted molar refractivity (Wildman–Crippen MR) is 118 cm³/mol. The SMILES string of the molecule is CCCCCC/C=C\CCCCCCC[B-]1(OC)C2CCCC1CCC2. The van der Waals surface area contributed by atoms with Gasteiger partial charge in [0.25, 0.3) is 0 Å². The molecule has 0 aliphatic carbocycles. The highest BCUT2D eigenvalue weighted by molar-refractivity contribution is 6.77. The number of fused-ring (bicyclic) bond motifs is 2. The maximum atomic E-state index is 6.31. The third-order valence-electron chi connectivity index (χ3n) is 7.75. The molecule has 2 fully saturated rings. The van der Waals surface area contributed by atoms with Gasteiger partial charge in [0, 0.05) is 0 Å². The zero-order chi connectivity index (χ0) is 18.5. The van der Waals surface area contributed by atoms with E-state index in [4.69, 9.17) is 4.65 Å². The highest BCUT2D eigenvalue weighted by atomic mass is 16.4. The third kappa shape index (κ3) is 6.73. The van der Waals surface area contributed by atoms with Crippen LogP contribution in [0, 0.1) is 0 Å². The lowest BCUT2D eigenvalue weighted by molar-refractivity contribution is 0.294. The fourth-order valence-electron chi connectivity index (χ4n) is 6.24. The third-order valence-corrected chi connectivity index (χ3v) is 7.75. The van der Waals surface area contributed by atoms with Crippen LogP contribution in [0.4, 0.5) is 0 Å². The second kappa shape index (κ2) is 13.0. The summed E-state index contributed by atoms with van der Waals surface area (Å²) in [6, 6.07) is 0. The van der Waals surface area contributed by atoms with Gasteiger partial charge in [0.05, 0.1) is 0 Å². The van der Waals surface area contributed by atoms with E-state index in [1.54, 1.807) is 0 Å². The molecule has 2 bridgehead atoms. The largest absolute Gasteiger partial charge is 0.592 e. The molecule has 0 aromatic heterocycles. The molecule has 2 aliphatic rings. The Morgan fingerprint density at radius 3 is 1.77 bits per heavy atom. The van der Waals surface area contributed by atoms with Crippen LogP contribution in [0.5, 0.6) is 0 Å². The van der Waals surface area contributed by atoms with Crippen molar-refractivity contribution in [3.63, 3.8) is 0 Å². The Labute approximate surface area is 164 Å². The molecule has 0 amide bonds. The van der Waals surface area contributed by atoms with Crippen molar-refractivity contribution >= 4 is 6.35 Å². The van der Waals surface area contributed by atoms with Gasteiger partial charge in [-0.05, 0) is 32.8 Å². The first-order valence-electron chi connectivity index (χ1n) is 12.2. The lowest BCUT2D eigenvalue weighted by atomic mass is 9.18. The molecule has 0 aromatic carbocycles. The molecule has 0 aromatic rings. The molecule has 0 radical (unpaired) electrons. The topological polar surface area (TPSA) is 9.23 Å². The van der Waals surface area contributed by atoms with Crippen LogP contribution >= 0.6 is 0 Å². The van der Waals surface area contributed by atoms with E-state index in [1.807, 2.05) is 7.11 Å². The summed E-state index contributed by atoms with van der Waals surface area (Å²) >= 11 is 0. The number of hydrogen-bond donors (Lipinski definition) is 0.